The Morgan fingerprint density at radius 2 is 2.07 bits per heavy atom. The van der Waals surface area contributed by atoms with Gasteiger partial charge in [0.05, 0.1) is 0 Å². The minimum absolute atomic E-state index is 0.202. The van der Waals surface area contributed by atoms with Crippen LogP contribution >= 0.6 is 0 Å². The van der Waals surface area contributed by atoms with E-state index in [1.807, 2.05) is 31.2 Å². The molecule has 0 aliphatic heterocycles. The van der Waals surface area contributed by atoms with E-state index in [-0.39, 0.29) is 14.7 Å². The molecule has 0 aliphatic rings. The summed E-state index contributed by atoms with van der Waals surface area (Å²) in [5, 5.41) is 4.05. The topological polar surface area (TPSA) is 35.0 Å². The third-order valence-electron chi connectivity index (χ3n) is 1.82. The van der Waals surface area contributed by atoms with Crippen LogP contribution in [0.3, 0.4) is 0 Å². The SMILES string of the molecule is CCOc1ccc(-c2c[se]nn2)cc1. The van der Waals surface area contributed by atoms with Crippen LogP contribution in [0.2, 0.25) is 0 Å². The molecule has 1 heterocycles. The van der Waals surface area contributed by atoms with E-state index in [4.69, 9.17) is 4.74 Å². The Kier molecular flexibility index (Phi) is 2.96. The number of rotatable bonds is 3. The Morgan fingerprint density at radius 3 is 2.64 bits per heavy atom. The van der Waals surface area contributed by atoms with Gasteiger partial charge in [-0.3, -0.25) is 0 Å². The molecule has 4 heteroatoms. The fraction of sp³-hybridized carbons (Fsp3) is 0.200. The predicted octanol–water partition coefficient (Wildman–Crippen LogP) is 1.60. The normalized spacial score (nSPS) is 10.1. The van der Waals surface area contributed by atoms with Gasteiger partial charge in [0.1, 0.15) is 0 Å². The maximum absolute atomic E-state index is 5.35. The minimum atomic E-state index is 0.202. The van der Waals surface area contributed by atoms with Crippen molar-refractivity contribution >= 4 is 14.7 Å². The molecule has 0 spiro atoms. The summed E-state index contributed by atoms with van der Waals surface area (Å²) in [7, 11) is 0. The average Bonchev–Trinajstić information content (AvgIpc) is 2.72. The van der Waals surface area contributed by atoms with Gasteiger partial charge in [-0.25, -0.2) is 0 Å². The van der Waals surface area contributed by atoms with Gasteiger partial charge in [0.25, 0.3) is 0 Å². The van der Waals surface area contributed by atoms with Gasteiger partial charge < -0.3 is 0 Å². The summed E-state index contributed by atoms with van der Waals surface area (Å²) in [5.41, 5.74) is 2.09. The van der Waals surface area contributed by atoms with Crippen molar-refractivity contribution in [3.05, 3.63) is 29.2 Å². The molecule has 2 rings (SSSR count). The van der Waals surface area contributed by atoms with Crippen LogP contribution in [0.25, 0.3) is 11.3 Å². The number of hydrogen-bond donors (Lipinski definition) is 0. The standard InChI is InChI=1S/C10H10N2OSe/c1-2-13-9-5-3-8(4-6-9)10-7-14-12-11-10/h3-7H,2H2,1H3. The van der Waals surface area contributed by atoms with Crippen molar-refractivity contribution in [1.29, 1.82) is 0 Å². The zero-order valence-corrected chi connectivity index (χ0v) is 9.52. The molecule has 0 radical (unpaired) electrons. The maximum atomic E-state index is 5.35. The summed E-state index contributed by atoms with van der Waals surface area (Å²) in [6.45, 7) is 2.68. The summed E-state index contributed by atoms with van der Waals surface area (Å²) in [6.07, 6.45) is 0. The molecule has 0 fully saturated rings. The number of nitrogens with zero attached hydrogens (tertiary/aromatic N) is 2. The van der Waals surface area contributed by atoms with Gasteiger partial charge in [-0.2, -0.15) is 0 Å². The summed E-state index contributed by atoms with van der Waals surface area (Å²) >= 11 is 0.202. The fourth-order valence-corrected chi connectivity index (χ4v) is 2.16. The van der Waals surface area contributed by atoms with Gasteiger partial charge in [0.2, 0.25) is 0 Å². The van der Waals surface area contributed by atoms with Gasteiger partial charge in [-0.15, -0.1) is 0 Å². The first-order valence-electron chi connectivity index (χ1n) is 4.40. The van der Waals surface area contributed by atoms with Crippen LogP contribution < -0.4 is 4.74 Å². The Hall–Kier alpha value is -1.12. The van der Waals surface area contributed by atoms with Crippen LogP contribution in [0.5, 0.6) is 5.75 Å². The van der Waals surface area contributed by atoms with Crippen LogP contribution in [-0.4, -0.2) is 30.5 Å². The Bertz CT molecular complexity index is 383. The first kappa shape index (κ1) is 9.44. The Labute approximate surface area is 88.7 Å². The molecule has 0 atom stereocenters. The van der Waals surface area contributed by atoms with Crippen molar-refractivity contribution < 1.29 is 4.74 Å². The second kappa shape index (κ2) is 4.40. The average molecular weight is 253 g/mol. The van der Waals surface area contributed by atoms with E-state index >= 15 is 0 Å². The molecule has 0 aliphatic carbocycles. The van der Waals surface area contributed by atoms with Crippen molar-refractivity contribution in [2.24, 2.45) is 0 Å². The molecule has 0 saturated carbocycles. The van der Waals surface area contributed by atoms with Gasteiger partial charge in [-0.1, -0.05) is 0 Å². The molecule has 1 aromatic carbocycles. The second-order valence-electron chi connectivity index (χ2n) is 2.75. The summed E-state index contributed by atoms with van der Waals surface area (Å²) < 4.78 is 9.32. The molecule has 1 aromatic heterocycles. The van der Waals surface area contributed by atoms with Crippen molar-refractivity contribution in [2.75, 3.05) is 6.61 Å². The van der Waals surface area contributed by atoms with Gasteiger partial charge in [-0.05, 0) is 0 Å². The molecule has 3 nitrogen and oxygen atoms in total. The molecule has 0 saturated heterocycles. The molecular weight excluding hydrogens is 243 g/mol. The van der Waals surface area contributed by atoms with E-state index in [1.165, 1.54) is 0 Å². The monoisotopic (exact) mass is 254 g/mol. The van der Waals surface area contributed by atoms with Crippen molar-refractivity contribution in [2.45, 2.75) is 6.92 Å². The summed E-state index contributed by atoms with van der Waals surface area (Å²) in [6, 6.07) is 7.94. The van der Waals surface area contributed by atoms with Crippen molar-refractivity contribution in [3.63, 3.8) is 0 Å². The molecule has 14 heavy (non-hydrogen) atoms. The van der Waals surface area contributed by atoms with Crippen LogP contribution in [0.1, 0.15) is 6.92 Å². The van der Waals surface area contributed by atoms with Crippen LogP contribution in [0.15, 0.2) is 29.2 Å². The number of ether oxygens (including phenoxy) is 1. The molecule has 0 unspecified atom stereocenters. The van der Waals surface area contributed by atoms with Crippen LogP contribution in [0, 0.1) is 0 Å². The number of aromatic nitrogens is 2. The first-order valence-corrected chi connectivity index (χ1v) is 6.16. The van der Waals surface area contributed by atoms with Crippen molar-refractivity contribution in [3.8, 4) is 17.0 Å². The van der Waals surface area contributed by atoms with Crippen LogP contribution in [-0.2, 0) is 0 Å². The molecular formula is C10H10N2OSe. The van der Waals surface area contributed by atoms with E-state index in [0.717, 1.165) is 17.0 Å². The zero-order valence-electron chi connectivity index (χ0n) is 7.80. The van der Waals surface area contributed by atoms with Crippen LogP contribution in [0.4, 0.5) is 0 Å². The van der Waals surface area contributed by atoms with E-state index < -0.39 is 0 Å². The van der Waals surface area contributed by atoms with Gasteiger partial charge in [0, 0.05) is 0 Å². The third-order valence-corrected chi connectivity index (χ3v) is 2.88. The van der Waals surface area contributed by atoms with Gasteiger partial charge in [0.15, 0.2) is 0 Å². The molecule has 72 valence electrons. The molecule has 0 bridgehead atoms. The quantitative estimate of drug-likeness (QED) is 0.779. The molecule has 0 amide bonds. The van der Waals surface area contributed by atoms with Crippen molar-refractivity contribution in [1.82, 2.24) is 9.19 Å². The summed E-state index contributed by atoms with van der Waals surface area (Å²) in [4.78, 5) is 2.07. The Balaban J connectivity index is 2.22. The van der Waals surface area contributed by atoms with Gasteiger partial charge >= 0.3 is 88.4 Å². The zero-order chi connectivity index (χ0) is 9.80. The van der Waals surface area contributed by atoms with E-state index in [9.17, 15) is 0 Å². The third kappa shape index (κ3) is 2.03. The van der Waals surface area contributed by atoms with E-state index in [1.54, 1.807) is 0 Å². The first-order chi connectivity index (χ1) is 6.90. The Morgan fingerprint density at radius 1 is 1.29 bits per heavy atom. The second-order valence-corrected chi connectivity index (χ2v) is 4.03. The van der Waals surface area contributed by atoms with E-state index in [0.29, 0.717) is 6.61 Å². The predicted molar refractivity (Wildman–Crippen MR) is 55.6 cm³/mol. The van der Waals surface area contributed by atoms with E-state index in [2.05, 4.69) is 14.1 Å². The summed E-state index contributed by atoms with van der Waals surface area (Å²) in [5.74, 6) is 0.900. The number of hydrogen-bond acceptors (Lipinski definition) is 3. The molecule has 0 N–H and O–H groups in total. The number of benzene rings is 1. The fourth-order valence-electron chi connectivity index (χ4n) is 1.18. The molecule has 2 aromatic rings.